The van der Waals surface area contributed by atoms with E-state index >= 15 is 0 Å². The maximum Gasteiger partial charge on any atom is 0.190 e. The SMILES string of the molecule is CCNc1nc(SCc2cccnc2)nc2ccccc12. The second-order valence-corrected chi connectivity index (χ2v) is 5.49. The summed E-state index contributed by atoms with van der Waals surface area (Å²) in [7, 11) is 0. The lowest BCUT2D eigenvalue weighted by molar-refractivity contribution is 0.991. The maximum absolute atomic E-state index is 4.63. The summed E-state index contributed by atoms with van der Waals surface area (Å²) in [6, 6.07) is 12.1. The van der Waals surface area contributed by atoms with E-state index < -0.39 is 0 Å². The highest BCUT2D eigenvalue weighted by Crippen LogP contribution is 2.25. The molecule has 21 heavy (non-hydrogen) atoms. The summed E-state index contributed by atoms with van der Waals surface area (Å²) in [6.07, 6.45) is 3.66. The quantitative estimate of drug-likeness (QED) is 0.574. The van der Waals surface area contributed by atoms with Crippen LogP contribution in [0.15, 0.2) is 53.9 Å². The first kappa shape index (κ1) is 13.8. The van der Waals surface area contributed by atoms with E-state index in [-0.39, 0.29) is 0 Å². The van der Waals surface area contributed by atoms with E-state index in [1.807, 2.05) is 36.5 Å². The number of anilines is 1. The molecule has 0 aliphatic rings. The van der Waals surface area contributed by atoms with Gasteiger partial charge in [-0.3, -0.25) is 4.98 Å². The summed E-state index contributed by atoms with van der Waals surface area (Å²) in [4.78, 5) is 13.4. The number of benzene rings is 1. The molecule has 1 N–H and O–H groups in total. The number of para-hydroxylation sites is 1. The maximum atomic E-state index is 4.63. The largest absolute Gasteiger partial charge is 0.370 e. The normalized spacial score (nSPS) is 10.7. The summed E-state index contributed by atoms with van der Waals surface area (Å²) in [5, 5.41) is 5.16. The summed E-state index contributed by atoms with van der Waals surface area (Å²) in [6.45, 7) is 2.91. The number of pyridine rings is 1. The Balaban J connectivity index is 1.88. The zero-order chi connectivity index (χ0) is 14.5. The fraction of sp³-hybridized carbons (Fsp3) is 0.188. The van der Waals surface area contributed by atoms with Gasteiger partial charge in [-0.25, -0.2) is 9.97 Å². The lowest BCUT2D eigenvalue weighted by atomic mass is 10.2. The molecule has 0 fully saturated rings. The van der Waals surface area contributed by atoms with Crippen molar-refractivity contribution in [3.63, 3.8) is 0 Å². The van der Waals surface area contributed by atoms with Crippen molar-refractivity contribution in [2.45, 2.75) is 17.8 Å². The van der Waals surface area contributed by atoms with Crippen molar-refractivity contribution in [2.24, 2.45) is 0 Å². The topological polar surface area (TPSA) is 50.7 Å². The van der Waals surface area contributed by atoms with Gasteiger partial charge < -0.3 is 5.32 Å². The lowest BCUT2D eigenvalue weighted by Crippen LogP contribution is -2.02. The Morgan fingerprint density at radius 3 is 2.81 bits per heavy atom. The van der Waals surface area contributed by atoms with E-state index in [9.17, 15) is 0 Å². The fourth-order valence-electron chi connectivity index (χ4n) is 2.05. The molecule has 0 saturated heterocycles. The second-order valence-electron chi connectivity index (χ2n) is 4.55. The molecule has 106 valence electrons. The molecule has 0 bridgehead atoms. The predicted molar refractivity (Wildman–Crippen MR) is 87.5 cm³/mol. The van der Waals surface area contributed by atoms with Gasteiger partial charge in [0.05, 0.1) is 5.52 Å². The van der Waals surface area contributed by atoms with Gasteiger partial charge in [0, 0.05) is 30.1 Å². The van der Waals surface area contributed by atoms with E-state index in [4.69, 9.17) is 0 Å². The van der Waals surface area contributed by atoms with Crippen LogP contribution in [0.5, 0.6) is 0 Å². The minimum atomic E-state index is 0.786. The minimum Gasteiger partial charge on any atom is -0.370 e. The number of nitrogens with one attached hydrogen (secondary N) is 1. The van der Waals surface area contributed by atoms with Crippen LogP contribution in [0.1, 0.15) is 12.5 Å². The summed E-state index contributed by atoms with van der Waals surface area (Å²) in [5.74, 6) is 1.72. The van der Waals surface area contributed by atoms with Crippen LogP contribution >= 0.6 is 11.8 Å². The van der Waals surface area contributed by atoms with Gasteiger partial charge in [0.15, 0.2) is 5.16 Å². The van der Waals surface area contributed by atoms with Gasteiger partial charge in [0.2, 0.25) is 0 Å². The summed E-state index contributed by atoms with van der Waals surface area (Å²) in [5.41, 5.74) is 2.14. The van der Waals surface area contributed by atoms with Crippen molar-refractivity contribution >= 4 is 28.5 Å². The van der Waals surface area contributed by atoms with Crippen LogP contribution < -0.4 is 5.32 Å². The van der Waals surface area contributed by atoms with Crippen molar-refractivity contribution in [3.05, 3.63) is 54.4 Å². The Morgan fingerprint density at radius 1 is 1.10 bits per heavy atom. The van der Waals surface area contributed by atoms with Crippen LogP contribution in [0.2, 0.25) is 0 Å². The molecule has 0 spiro atoms. The third kappa shape index (κ3) is 3.31. The standard InChI is InChI=1S/C16H16N4S/c1-2-18-15-13-7-3-4-8-14(13)19-16(20-15)21-11-12-6-5-9-17-10-12/h3-10H,2,11H2,1H3,(H,18,19,20). The van der Waals surface area contributed by atoms with E-state index in [0.717, 1.165) is 34.2 Å². The number of rotatable bonds is 5. The number of thioether (sulfide) groups is 1. The molecule has 3 rings (SSSR count). The first-order valence-electron chi connectivity index (χ1n) is 6.89. The number of hydrogen-bond acceptors (Lipinski definition) is 5. The number of aromatic nitrogens is 3. The zero-order valence-electron chi connectivity index (χ0n) is 11.8. The van der Waals surface area contributed by atoms with Crippen LogP contribution in [-0.2, 0) is 5.75 Å². The van der Waals surface area contributed by atoms with Crippen molar-refractivity contribution < 1.29 is 0 Å². The van der Waals surface area contributed by atoms with E-state index in [0.29, 0.717) is 0 Å². The molecule has 3 aromatic rings. The monoisotopic (exact) mass is 296 g/mol. The molecule has 0 amide bonds. The Bertz CT molecular complexity index is 731. The highest BCUT2D eigenvalue weighted by molar-refractivity contribution is 7.98. The number of fused-ring (bicyclic) bond motifs is 1. The van der Waals surface area contributed by atoms with Gasteiger partial charge in [0.1, 0.15) is 5.82 Å². The molecule has 1 aromatic carbocycles. The van der Waals surface area contributed by atoms with E-state index in [1.54, 1.807) is 18.0 Å². The number of hydrogen-bond donors (Lipinski definition) is 1. The van der Waals surface area contributed by atoms with Gasteiger partial charge in [-0.1, -0.05) is 30.0 Å². The van der Waals surface area contributed by atoms with Crippen LogP contribution in [-0.4, -0.2) is 21.5 Å². The first-order chi connectivity index (χ1) is 10.4. The molecule has 5 heteroatoms. The van der Waals surface area contributed by atoms with Crippen molar-refractivity contribution in [1.29, 1.82) is 0 Å². The Morgan fingerprint density at radius 2 is 2.00 bits per heavy atom. The molecule has 0 aliphatic heterocycles. The molecule has 0 aliphatic carbocycles. The van der Waals surface area contributed by atoms with Crippen molar-refractivity contribution in [2.75, 3.05) is 11.9 Å². The third-order valence-electron chi connectivity index (χ3n) is 3.02. The van der Waals surface area contributed by atoms with Crippen LogP contribution in [0.25, 0.3) is 10.9 Å². The molecule has 0 atom stereocenters. The highest BCUT2D eigenvalue weighted by atomic mass is 32.2. The van der Waals surface area contributed by atoms with Gasteiger partial charge >= 0.3 is 0 Å². The Hall–Kier alpha value is -2.14. The molecule has 0 saturated carbocycles. The third-order valence-corrected chi connectivity index (χ3v) is 3.94. The van der Waals surface area contributed by atoms with Crippen LogP contribution in [0.4, 0.5) is 5.82 Å². The molecule has 4 nitrogen and oxygen atoms in total. The predicted octanol–water partition coefficient (Wildman–Crippen LogP) is 3.75. The van der Waals surface area contributed by atoms with E-state index in [1.165, 1.54) is 5.56 Å². The molecule has 2 heterocycles. The molecule has 0 radical (unpaired) electrons. The van der Waals surface area contributed by atoms with Crippen molar-refractivity contribution in [1.82, 2.24) is 15.0 Å². The molecular weight excluding hydrogens is 280 g/mol. The average Bonchev–Trinajstić information content (AvgIpc) is 2.54. The van der Waals surface area contributed by atoms with E-state index in [2.05, 4.69) is 33.3 Å². The molecular formula is C16H16N4S. The molecule has 0 unspecified atom stereocenters. The smallest absolute Gasteiger partial charge is 0.190 e. The van der Waals surface area contributed by atoms with Gasteiger partial charge in [-0.05, 0) is 30.7 Å². The fourth-order valence-corrected chi connectivity index (χ4v) is 2.84. The van der Waals surface area contributed by atoms with Gasteiger partial charge in [-0.15, -0.1) is 0 Å². The highest BCUT2D eigenvalue weighted by Gasteiger charge is 2.07. The Kier molecular flexibility index (Phi) is 4.31. The van der Waals surface area contributed by atoms with Crippen LogP contribution in [0, 0.1) is 0 Å². The first-order valence-corrected chi connectivity index (χ1v) is 7.87. The molecule has 2 aromatic heterocycles. The number of nitrogens with zero attached hydrogens (tertiary/aromatic N) is 3. The Labute approximate surface area is 128 Å². The lowest BCUT2D eigenvalue weighted by Gasteiger charge is -2.09. The second kappa shape index (κ2) is 6.54. The zero-order valence-corrected chi connectivity index (χ0v) is 12.6. The minimum absolute atomic E-state index is 0.786. The van der Waals surface area contributed by atoms with Gasteiger partial charge in [-0.2, -0.15) is 0 Å². The average molecular weight is 296 g/mol. The summed E-state index contributed by atoms with van der Waals surface area (Å²) < 4.78 is 0. The van der Waals surface area contributed by atoms with Gasteiger partial charge in [0.25, 0.3) is 0 Å². The summed E-state index contributed by atoms with van der Waals surface area (Å²) >= 11 is 1.63. The van der Waals surface area contributed by atoms with Crippen LogP contribution in [0.3, 0.4) is 0 Å². The van der Waals surface area contributed by atoms with Crippen molar-refractivity contribution in [3.8, 4) is 0 Å².